The molecule has 0 aromatic heterocycles. The number of nitrogens with zero attached hydrogens (tertiary/aromatic N) is 1. The molecule has 1 fully saturated rings. The Kier molecular flexibility index (Phi) is 4.15. The summed E-state index contributed by atoms with van der Waals surface area (Å²) in [6, 6.07) is 17.2. The highest BCUT2D eigenvalue weighted by atomic mass is 14.4. The van der Waals surface area contributed by atoms with Gasteiger partial charge >= 0.3 is 0 Å². The predicted octanol–water partition coefficient (Wildman–Crippen LogP) is 6.08. The first-order valence-electron chi connectivity index (χ1n) is 9.42. The molecule has 0 saturated heterocycles. The van der Waals surface area contributed by atoms with Crippen LogP contribution >= 0.6 is 0 Å². The lowest BCUT2D eigenvalue weighted by Gasteiger charge is -2.40. The zero-order valence-electron chi connectivity index (χ0n) is 14.5. The van der Waals surface area contributed by atoms with Crippen molar-refractivity contribution in [1.82, 2.24) is 0 Å². The molecule has 2 aromatic rings. The number of benzene rings is 2. The van der Waals surface area contributed by atoms with Crippen molar-refractivity contribution < 1.29 is 0 Å². The van der Waals surface area contributed by atoms with Gasteiger partial charge in [0.2, 0.25) is 0 Å². The van der Waals surface area contributed by atoms with Gasteiger partial charge in [-0.15, -0.1) is 0 Å². The molecule has 24 heavy (non-hydrogen) atoms. The molecule has 122 valence electrons. The monoisotopic (exact) mass is 315 g/mol. The Balaban J connectivity index is 1.61. The molecule has 2 aliphatic carbocycles. The van der Waals surface area contributed by atoms with Gasteiger partial charge in [0, 0.05) is 0 Å². The van der Waals surface area contributed by atoms with Crippen molar-refractivity contribution in [3.8, 4) is 17.2 Å². The van der Waals surface area contributed by atoms with Crippen LogP contribution in [0.3, 0.4) is 0 Å². The number of fused-ring (bicyclic) bond motifs is 3. The zero-order chi connectivity index (χ0) is 16.5. The quantitative estimate of drug-likeness (QED) is 0.658. The minimum atomic E-state index is 0.729. The fraction of sp³-hybridized carbons (Fsp3) is 0.435. The lowest BCUT2D eigenvalue weighted by Crippen LogP contribution is -2.27. The Hall–Kier alpha value is -2.07. The van der Waals surface area contributed by atoms with Gasteiger partial charge in [0.05, 0.1) is 11.6 Å². The molecule has 4 rings (SSSR count). The highest BCUT2D eigenvalue weighted by Gasteiger charge is 2.34. The van der Waals surface area contributed by atoms with Gasteiger partial charge in [-0.2, -0.15) is 5.26 Å². The number of nitriles is 1. The van der Waals surface area contributed by atoms with Gasteiger partial charge < -0.3 is 0 Å². The predicted molar refractivity (Wildman–Crippen MR) is 98.8 cm³/mol. The van der Waals surface area contributed by atoms with Crippen LogP contribution in [0.1, 0.15) is 61.6 Å². The van der Waals surface area contributed by atoms with E-state index >= 15 is 0 Å². The Morgan fingerprint density at radius 2 is 1.79 bits per heavy atom. The van der Waals surface area contributed by atoms with Crippen LogP contribution in [0.25, 0.3) is 11.1 Å². The van der Waals surface area contributed by atoms with Crippen LogP contribution in [-0.4, -0.2) is 0 Å². The average Bonchev–Trinajstić information content (AvgIpc) is 2.67. The molecule has 0 heterocycles. The summed E-state index contributed by atoms with van der Waals surface area (Å²) < 4.78 is 0. The van der Waals surface area contributed by atoms with Crippen molar-refractivity contribution in [2.75, 3.05) is 0 Å². The number of aryl methyl sites for hydroxylation is 1. The van der Waals surface area contributed by atoms with Gasteiger partial charge in [0.15, 0.2) is 0 Å². The van der Waals surface area contributed by atoms with E-state index in [4.69, 9.17) is 5.26 Å². The summed E-state index contributed by atoms with van der Waals surface area (Å²) in [7, 11) is 0. The second kappa shape index (κ2) is 6.44. The minimum absolute atomic E-state index is 0.729. The topological polar surface area (TPSA) is 23.8 Å². The molecule has 1 heteroatoms. The van der Waals surface area contributed by atoms with E-state index in [9.17, 15) is 0 Å². The Labute approximate surface area is 145 Å². The van der Waals surface area contributed by atoms with Crippen LogP contribution in [0.4, 0.5) is 0 Å². The van der Waals surface area contributed by atoms with Gasteiger partial charge in [-0.1, -0.05) is 43.7 Å². The van der Waals surface area contributed by atoms with E-state index < -0.39 is 0 Å². The second-order valence-corrected chi connectivity index (χ2v) is 7.60. The van der Waals surface area contributed by atoms with Crippen LogP contribution in [0.2, 0.25) is 0 Å². The van der Waals surface area contributed by atoms with Crippen molar-refractivity contribution in [2.24, 2.45) is 11.8 Å². The summed E-state index contributed by atoms with van der Waals surface area (Å²) in [4.78, 5) is 0. The van der Waals surface area contributed by atoms with E-state index in [1.807, 2.05) is 12.1 Å². The third kappa shape index (κ3) is 2.75. The van der Waals surface area contributed by atoms with Crippen molar-refractivity contribution in [3.05, 3.63) is 59.2 Å². The largest absolute Gasteiger partial charge is 0.192 e. The van der Waals surface area contributed by atoms with Crippen LogP contribution in [-0.2, 0) is 6.42 Å². The molecule has 0 aliphatic heterocycles. The summed E-state index contributed by atoms with van der Waals surface area (Å²) in [5.74, 6) is 2.68. The van der Waals surface area contributed by atoms with Crippen LogP contribution < -0.4 is 0 Å². The minimum Gasteiger partial charge on any atom is -0.192 e. The van der Waals surface area contributed by atoms with Crippen LogP contribution in [0.15, 0.2) is 42.5 Å². The fourth-order valence-corrected chi connectivity index (χ4v) is 4.90. The molecular weight excluding hydrogens is 290 g/mol. The maximum absolute atomic E-state index is 8.95. The van der Waals surface area contributed by atoms with Gasteiger partial charge in [-0.05, 0) is 84.2 Å². The first kappa shape index (κ1) is 15.5. The molecule has 0 bridgehead atoms. The summed E-state index contributed by atoms with van der Waals surface area (Å²) in [5, 5.41) is 8.95. The van der Waals surface area contributed by atoms with E-state index in [1.54, 1.807) is 11.1 Å². The van der Waals surface area contributed by atoms with Gasteiger partial charge in [0.1, 0.15) is 0 Å². The summed E-state index contributed by atoms with van der Waals surface area (Å²) in [6.07, 6.45) is 8.19. The zero-order valence-corrected chi connectivity index (χ0v) is 14.5. The third-order valence-corrected chi connectivity index (χ3v) is 6.34. The molecule has 2 aromatic carbocycles. The van der Waals surface area contributed by atoms with Crippen molar-refractivity contribution in [2.45, 2.75) is 51.4 Å². The van der Waals surface area contributed by atoms with Gasteiger partial charge in [-0.3, -0.25) is 0 Å². The molecule has 1 saturated carbocycles. The molecule has 3 atom stereocenters. The summed E-state index contributed by atoms with van der Waals surface area (Å²) >= 11 is 0. The van der Waals surface area contributed by atoms with Crippen LogP contribution in [0.5, 0.6) is 0 Å². The molecular formula is C23H25N. The molecule has 0 unspecified atom stereocenters. The van der Waals surface area contributed by atoms with E-state index in [-0.39, 0.29) is 0 Å². The highest BCUT2D eigenvalue weighted by Crippen LogP contribution is 2.48. The van der Waals surface area contributed by atoms with E-state index in [0.29, 0.717) is 0 Å². The Morgan fingerprint density at radius 1 is 1.00 bits per heavy atom. The van der Waals surface area contributed by atoms with E-state index in [0.717, 1.165) is 23.3 Å². The number of hydrogen-bond acceptors (Lipinski definition) is 1. The fourth-order valence-electron chi connectivity index (χ4n) is 4.90. The maximum atomic E-state index is 8.95. The smallest absolute Gasteiger partial charge is 0.0991 e. The number of rotatable bonds is 2. The van der Waals surface area contributed by atoms with E-state index in [1.165, 1.54) is 49.7 Å². The molecule has 0 spiro atoms. The van der Waals surface area contributed by atoms with Crippen molar-refractivity contribution >= 4 is 0 Å². The first-order chi connectivity index (χ1) is 11.8. The maximum Gasteiger partial charge on any atom is 0.0991 e. The summed E-state index contributed by atoms with van der Waals surface area (Å²) in [6.45, 7) is 2.35. The molecule has 1 nitrogen and oxygen atoms in total. The van der Waals surface area contributed by atoms with Crippen molar-refractivity contribution in [3.63, 3.8) is 0 Å². The average molecular weight is 315 g/mol. The molecule has 0 radical (unpaired) electrons. The lowest BCUT2D eigenvalue weighted by atomic mass is 9.65. The van der Waals surface area contributed by atoms with E-state index in [2.05, 4.69) is 43.3 Å². The molecule has 0 N–H and O–H groups in total. The first-order valence-corrected chi connectivity index (χ1v) is 9.42. The van der Waals surface area contributed by atoms with Gasteiger partial charge in [0.25, 0.3) is 0 Å². The normalized spacial score (nSPS) is 25.4. The Morgan fingerprint density at radius 3 is 2.54 bits per heavy atom. The summed E-state index contributed by atoms with van der Waals surface area (Å²) in [5.41, 5.74) is 6.42. The van der Waals surface area contributed by atoms with Crippen LogP contribution in [0, 0.1) is 23.2 Å². The van der Waals surface area contributed by atoms with Gasteiger partial charge in [-0.25, -0.2) is 0 Å². The highest BCUT2D eigenvalue weighted by molar-refractivity contribution is 5.66. The standard InChI is InChI=1S/C23H25N/c1-2-16-5-11-22-20(13-16)8-9-21-14-19(10-12-23(21)22)18-6-3-17(15-24)4-7-18/h3-4,6-7,10,12,14,16,20,22H,2,5,8-9,11,13H2,1H3/t16-,20+,22+/m1/s1. The lowest BCUT2D eigenvalue weighted by molar-refractivity contribution is 0.206. The second-order valence-electron chi connectivity index (χ2n) is 7.60. The number of hydrogen-bond donors (Lipinski definition) is 0. The molecule has 2 aliphatic rings. The SMILES string of the molecule is CC[C@@H]1CC[C@@H]2c3ccc(-c4ccc(C#N)cc4)cc3CC[C@H]2C1. The third-order valence-electron chi connectivity index (χ3n) is 6.34. The molecule has 0 amide bonds. The van der Waals surface area contributed by atoms with Crippen molar-refractivity contribution in [1.29, 1.82) is 5.26 Å². The Bertz CT molecular complexity index is 766.